The Balaban J connectivity index is 1.31. The number of para-hydroxylation sites is 4. The van der Waals surface area contributed by atoms with Gasteiger partial charge < -0.3 is 18.3 Å². The van der Waals surface area contributed by atoms with E-state index >= 15 is 0 Å². The van der Waals surface area contributed by atoms with Gasteiger partial charge in [0.15, 0.2) is 0 Å². The molecule has 10 nitrogen and oxygen atoms in total. The smallest absolute Gasteiger partial charge is 0.102 e. The molecule has 0 N–H and O–H groups in total. The van der Waals surface area contributed by atoms with Crippen LogP contribution in [-0.2, 0) is 0 Å². The lowest BCUT2D eigenvalue weighted by molar-refractivity contribution is 1.01. The zero-order valence-electron chi connectivity index (χ0n) is 38.3. The van der Waals surface area contributed by atoms with Crippen LogP contribution >= 0.6 is 0 Å². The van der Waals surface area contributed by atoms with Crippen molar-refractivity contribution in [2.24, 2.45) is 0 Å². The fourth-order valence-electron chi connectivity index (χ4n) is 11.5. The summed E-state index contributed by atoms with van der Waals surface area (Å²) >= 11 is 0. The summed E-state index contributed by atoms with van der Waals surface area (Å²) < 4.78 is 9.24. The van der Waals surface area contributed by atoms with Gasteiger partial charge in [0.25, 0.3) is 0 Å². The molecule has 72 heavy (non-hydrogen) atoms. The van der Waals surface area contributed by atoms with Crippen molar-refractivity contribution in [3.8, 4) is 51.3 Å². The molecule has 9 heterocycles. The highest BCUT2D eigenvalue weighted by atomic mass is 15.2. The number of benzene rings is 6. The molecule has 6 aromatic carbocycles. The molecule has 0 aliphatic rings. The van der Waals surface area contributed by atoms with Gasteiger partial charge in [-0.1, -0.05) is 109 Å². The van der Waals surface area contributed by atoms with E-state index in [9.17, 15) is 5.26 Å². The quantitative estimate of drug-likeness (QED) is 0.164. The van der Waals surface area contributed by atoms with Crippen molar-refractivity contribution in [1.82, 2.24) is 43.2 Å². The number of nitrogens with zero attached hydrogens (tertiary/aromatic N) is 10. The van der Waals surface area contributed by atoms with Gasteiger partial charge in [0, 0.05) is 79.0 Å². The van der Waals surface area contributed by atoms with E-state index in [2.05, 4.69) is 158 Å². The molecule has 0 aliphatic heterocycles. The second-order valence-corrected chi connectivity index (χ2v) is 18.0. The van der Waals surface area contributed by atoms with Crippen LogP contribution in [0.1, 0.15) is 5.56 Å². The van der Waals surface area contributed by atoms with Crippen LogP contribution in [0.4, 0.5) is 0 Å². The number of rotatable bonds is 6. The van der Waals surface area contributed by atoms with Gasteiger partial charge in [0.2, 0.25) is 0 Å². The first-order chi connectivity index (χ1) is 35.8. The molecule has 0 unspecified atom stereocenters. The van der Waals surface area contributed by atoms with E-state index in [1.165, 1.54) is 0 Å². The number of nitriles is 1. The molecule has 0 radical (unpaired) electrons. The zero-order chi connectivity index (χ0) is 47.4. The summed E-state index contributed by atoms with van der Waals surface area (Å²) in [6, 6.07) is 61.5. The fraction of sp³-hybridized carbons (Fsp3) is 0. The molecule has 334 valence electrons. The molecule has 10 heteroatoms. The summed E-state index contributed by atoms with van der Waals surface area (Å²) in [7, 11) is 0. The molecule has 15 rings (SSSR count). The second kappa shape index (κ2) is 15.4. The molecule has 0 atom stereocenters. The first-order valence-corrected chi connectivity index (χ1v) is 23.8. The highest BCUT2D eigenvalue weighted by Crippen LogP contribution is 2.51. The molecule has 0 bridgehead atoms. The number of pyridine rings is 5. The lowest BCUT2D eigenvalue weighted by atomic mass is 9.94. The van der Waals surface area contributed by atoms with Gasteiger partial charge in [0.1, 0.15) is 6.07 Å². The van der Waals surface area contributed by atoms with E-state index in [1.807, 2.05) is 86.0 Å². The van der Waals surface area contributed by atoms with Gasteiger partial charge in [0.05, 0.1) is 109 Å². The van der Waals surface area contributed by atoms with Crippen LogP contribution in [0.25, 0.3) is 132 Å². The minimum Gasteiger partial charge on any atom is -0.305 e. The van der Waals surface area contributed by atoms with Crippen LogP contribution in [0.2, 0.25) is 0 Å². The third-order valence-corrected chi connectivity index (χ3v) is 14.4. The maximum absolute atomic E-state index is 12.6. The van der Waals surface area contributed by atoms with Crippen molar-refractivity contribution in [3.63, 3.8) is 0 Å². The predicted octanol–water partition coefficient (Wildman–Crippen LogP) is 14.3. The standard InChI is InChI=1S/C62H36N10/c63-33-47-58(49-20-12-19-48(68-49)38-13-2-1-3-14-38)60(70-51-22-9-5-16-40(51)44-26-30-65-35-55(44)70)62(72-53-24-11-7-18-42(53)46-28-32-67-37-57(46)72)61(71-52-23-10-6-17-41(52)45-27-31-66-36-56(45)71)59(47)69-50-21-8-4-15-39(50)43-25-29-64-34-54(43)69/h1-32,34-37H. The Morgan fingerprint density at radius 3 is 1.08 bits per heavy atom. The summed E-state index contributed by atoms with van der Waals surface area (Å²) in [5.74, 6) is 0. The Hall–Kier alpha value is -10.2. The van der Waals surface area contributed by atoms with Gasteiger partial charge in [-0.2, -0.15) is 5.26 Å². The van der Waals surface area contributed by atoms with E-state index in [0.29, 0.717) is 22.5 Å². The predicted molar refractivity (Wildman–Crippen MR) is 288 cm³/mol. The normalized spacial score (nSPS) is 11.9. The van der Waals surface area contributed by atoms with Crippen LogP contribution in [0.5, 0.6) is 0 Å². The minimum absolute atomic E-state index is 0.413. The number of hydrogen-bond donors (Lipinski definition) is 0. The summed E-state index contributed by atoms with van der Waals surface area (Å²) in [4.78, 5) is 24.9. The Kier molecular flexibility index (Phi) is 8.49. The van der Waals surface area contributed by atoms with E-state index in [-0.39, 0.29) is 0 Å². The maximum Gasteiger partial charge on any atom is 0.102 e. The fourth-order valence-corrected chi connectivity index (χ4v) is 11.5. The monoisotopic (exact) mass is 920 g/mol. The molecule has 0 spiro atoms. The first-order valence-electron chi connectivity index (χ1n) is 23.8. The van der Waals surface area contributed by atoms with E-state index < -0.39 is 0 Å². The molecular formula is C62H36N10. The largest absolute Gasteiger partial charge is 0.305 e. The van der Waals surface area contributed by atoms with E-state index in [0.717, 1.165) is 116 Å². The summed E-state index contributed by atoms with van der Waals surface area (Å²) in [5.41, 5.74) is 13.5. The second-order valence-electron chi connectivity index (χ2n) is 18.0. The minimum atomic E-state index is 0.413. The van der Waals surface area contributed by atoms with Crippen LogP contribution in [0.3, 0.4) is 0 Å². The van der Waals surface area contributed by atoms with Crippen LogP contribution < -0.4 is 0 Å². The van der Waals surface area contributed by atoms with E-state index in [1.54, 1.807) is 0 Å². The summed E-state index contributed by atoms with van der Waals surface area (Å²) in [6.45, 7) is 0. The third kappa shape index (κ3) is 5.50. The number of aromatic nitrogens is 9. The van der Waals surface area contributed by atoms with Gasteiger partial charge >= 0.3 is 0 Å². The summed E-state index contributed by atoms with van der Waals surface area (Å²) in [6.07, 6.45) is 15.1. The molecular weight excluding hydrogens is 885 g/mol. The van der Waals surface area contributed by atoms with Crippen molar-refractivity contribution in [1.29, 1.82) is 5.26 Å². The molecule has 0 aliphatic carbocycles. The highest BCUT2D eigenvalue weighted by molar-refractivity contribution is 6.16. The maximum atomic E-state index is 12.6. The van der Waals surface area contributed by atoms with Crippen LogP contribution in [0, 0.1) is 11.3 Å². The van der Waals surface area contributed by atoms with E-state index in [4.69, 9.17) is 24.9 Å². The van der Waals surface area contributed by atoms with Gasteiger partial charge in [-0.15, -0.1) is 0 Å². The Morgan fingerprint density at radius 2 is 0.653 bits per heavy atom. The van der Waals surface area contributed by atoms with Crippen molar-refractivity contribution in [2.75, 3.05) is 0 Å². The first kappa shape index (κ1) is 39.7. The Labute approximate surface area is 410 Å². The van der Waals surface area contributed by atoms with Crippen molar-refractivity contribution >= 4 is 87.2 Å². The Morgan fingerprint density at radius 1 is 0.306 bits per heavy atom. The molecule has 0 amide bonds. The lowest BCUT2D eigenvalue weighted by Gasteiger charge is -2.29. The number of hydrogen-bond acceptors (Lipinski definition) is 6. The molecule has 0 saturated carbocycles. The number of fused-ring (bicyclic) bond motifs is 12. The zero-order valence-corrected chi connectivity index (χ0v) is 38.3. The van der Waals surface area contributed by atoms with Crippen molar-refractivity contribution < 1.29 is 0 Å². The van der Waals surface area contributed by atoms with Crippen molar-refractivity contribution in [2.45, 2.75) is 0 Å². The average Bonchev–Trinajstić information content (AvgIpc) is 4.18. The van der Waals surface area contributed by atoms with Crippen molar-refractivity contribution in [3.05, 3.63) is 225 Å². The molecule has 0 fully saturated rings. The molecule has 9 aromatic heterocycles. The van der Waals surface area contributed by atoms with Crippen LogP contribution in [-0.4, -0.2) is 43.2 Å². The van der Waals surface area contributed by atoms with Gasteiger partial charge in [-0.3, -0.25) is 19.9 Å². The molecule has 0 saturated heterocycles. The topological polar surface area (TPSA) is 108 Å². The summed E-state index contributed by atoms with van der Waals surface area (Å²) in [5, 5.41) is 20.8. The van der Waals surface area contributed by atoms with Gasteiger partial charge in [-0.25, -0.2) is 4.98 Å². The SMILES string of the molecule is N#Cc1c(-c2cccc(-c3ccccc3)n2)c(-n2c3ccccc3c3ccncc32)c(-n2c3ccccc3c3ccncc32)c(-n2c3ccccc3c3ccncc32)c1-n1c2ccccc2c2ccncc21. The third-order valence-electron chi connectivity index (χ3n) is 14.4. The lowest BCUT2D eigenvalue weighted by Crippen LogP contribution is -2.17. The highest BCUT2D eigenvalue weighted by Gasteiger charge is 2.35. The molecule has 15 aromatic rings. The van der Waals surface area contributed by atoms with Crippen LogP contribution in [0.15, 0.2) is 219 Å². The Bertz CT molecular complexity index is 4570. The van der Waals surface area contributed by atoms with Gasteiger partial charge in [-0.05, 0) is 60.7 Å². The average molecular weight is 921 g/mol.